The van der Waals surface area contributed by atoms with Crippen LogP contribution in [0.2, 0.25) is 18.1 Å². The van der Waals surface area contributed by atoms with Gasteiger partial charge < -0.3 is 9.84 Å². The molecule has 0 unspecified atom stereocenters. The molecule has 0 aromatic carbocycles. The summed E-state index contributed by atoms with van der Waals surface area (Å²) in [7, 11) is -1.50. The Morgan fingerprint density at radius 1 is 1.50 bits per heavy atom. The summed E-state index contributed by atoms with van der Waals surface area (Å²) in [4.78, 5) is 0. The van der Waals surface area contributed by atoms with Crippen LogP contribution < -0.4 is 0 Å². The van der Waals surface area contributed by atoms with E-state index in [1.165, 1.54) is 0 Å². The molecule has 0 amide bonds. The molecule has 1 saturated heterocycles. The summed E-state index contributed by atoms with van der Waals surface area (Å²) in [5, 5.41) is 9.57. The van der Waals surface area contributed by atoms with Crippen LogP contribution >= 0.6 is 0 Å². The predicted octanol–water partition coefficient (Wildman–Crippen LogP) is 2.35. The molecule has 2 nitrogen and oxygen atoms in total. The average Bonchev–Trinajstić information content (AvgIpc) is 2.78. The molecule has 0 bridgehead atoms. The first-order chi connectivity index (χ1) is 6.21. The van der Waals surface area contributed by atoms with Crippen LogP contribution in [0.5, 0.6) is 0 Å². The summed E-state index contributed by atoms with van der Waals surface area (Å²) < 4.78 is 5.69. The predicted molar refractivity (Wildman–Crippen MR) is 62.1 cm³/mol. The lowest BCUT2D eigenvalue weighted by Gasteiger charge is -2.36. The van der Waals surface area contributed by atoms with E-state index >= 15 is 0 Å². The van der Waals surface area contributed by atoms with Crippen LogP contribution in [0.4, 0.5) is 0 Å². The Morgan fingerprint density at radius 2 is 2.00 bits per heavy atom. The molecular weight excluding hydrogens is 192 g/mol. The summed E-state index contributed by atoms with van der Waals surface area (Å²) >= 11 is 0. The molecule has 14 heavy (non-hydrogen) atoms. The van der Waals surface area contributed by atoms with Gasteiger partial charge in [0.1, 0.15) is 5.60 Å². The molecule has 0 aromatic rings. The van der Waals surface area contributed by atoms with Gasteiger partial charge in [-0.3, -0.25) is 0 Å². The van der Waals surface area contributed by atoms with Gasteiger partial charge >= 0.3 is 0 Å². The number of rotatable bonds is 3. The first-order valence-electron chi connectivity index (χ1n) is 5.13. The molecule has 0 saturated carbocycles. The van der Waals surface area contributed by atoms with E-state index in [1.807, 2.05) is 0 Å². The summed E-state index contributed by atoms with van der Waals surface area (Å²) in [6.07, 6.45) is 1.76. The molecule has 1 aliphatic heterocycles. The summed E-state index contributed by atoms with van der Waals surface area (Å²) in [6.45, 7) is 15.2. The minimum absolute atomic E-state index is 0.0632. The molecule has 0 aliphatic carbocycles. The lowest BCUT2D eigenvalue weighted by atomic mass is 10.2. The van der Waals surface area contributed by atoms with Crippen molar-refractivity contribution in [1.82, 2.24) is 0 Å². The Bertz CT molecular complexity index is 242. The van der Waals surface area contributed by atoms with Gasteiger partial charge in [-0.15, -0.1) is 6.58 Å². The molecule has 1 N–H and O–H groups in total. The van der Waals surface area contributed by atoms with Gasteiger partial charge in [-0.1, -0.05) is 39.9 Å². The van der Waals surface area contributed by atoms with Gasteiger partial charge in [-0.05, 0) is 5.04 Å². The van der Waals surface area contributed by atoms with E-state index in [4.69, 9.17) is 4.74 Å². The Kier molecular flexibility index (Phi) is 2.72. The van der Waals surface area contributed by atoms with Gasteiger partial charge in [-0.25, -0.2) is 0 Å². The van der Waals surface area contributed by atoms with E-state index in [1.54, 1.807) is 6.08 Å². The molecule has 1 aliphatic rings. The zero-order chi connectivity index (χ0) is 11.2. The molecule has 2 atom stereocenters. The highest BCUT2D eigenvalue weighted by atomic mass is 28.3. The highest BCUT2D eigenvalue weighted by molar-refractivity contribution is 6.82. The lowest BCUT2D eigenvalue weighted by Crippen LogP contribution is -2.46. The number of ether oxygens (including phenoxy) is 1. The minimum atomic E-state index is -1.50. The van der Waals surface area contributed by atoms with Crippen molar-refractivity contribution in [2.75, 3.05) is 6.61 Å². The van der Waals surface area contributed by atoms with E-state index in [0.717, 1.165) is 0 Å². The third-order valence-corrected chi connectivity index (χ3v) is 9.69. The quantitative estimate of drug-likeness (QED) is 0.444. The zero-order valence-corrected chi connectivity index (χ0v) is 10.9. The topological polar surface area (TPSA) is 32.8 Å². The monoisotopic (exact) mass is 214 g/mol. The van der Waals surface area contributed by atoms with Crippen molar-refractivity contribution in [3.63, 3.8) is 0 Å². The molecule has 82 valence electrons. The second-order valence-corrected chi connectivity index (χ2v) is 11.3. The van der Waals surface area contributed by atoms with Crippen LogP contribution in [0.15, 0.2) is 12.7 Å². The highest BCUT2D eigenvalue weighted by Crippen LogP contribution is 2.51. The van der Waals surface area contributed by atoms with Gasteiger partial charge in [0.15, 0.2) is 0 Å². The molecule has 0 aromatic heterocycles. The first kappa shape index (κ1) is 11.9. The van der Waals surface area contributed by atoms with E-state index in [9.17, 15) is 5.11 Å². The highest BCUT2D eigenvalue weighted by Gasteiger charge is 2.64. The van der Waals surface area contributed by atoms with Crippen molar-refractivity contribution in [1.29, 1.82) is 0 Å². The van der Waals surface area contributed by atoms with Crippen LogP contribution in [0.3, 0.4) is 0 Å². The molecule has 3 heteroatoms. The van der Waals surface area contributed by atoms with Gasteiger partial charge in [-0.2, -0.15) is 0 Å². The Hall–Kier alpha value is -0.123. The molecule has 1 rings (SSSR count). The second-order valence-electron chi connectivity index (χ2n) is 5.79. The van der Waals surface area contributed by atoms with Gasteiger partial charge in [0.25, 0.3) is 0 Å². The van der Waals surface area contributed by atoms with Gasteiger partial charge in [0, 0.05) is 0 Å². The number of aliphatic hydroxyl groups excluding tert-OH is 1. The molecule has 0 radical (unpaired) electrons. The first-order valence-corrected chi connectivity index (χ1v) is 8.21. The second kappa shape index (κ2) is 3.19. The van der Waals surface area contributed by atoms with Gasteiger partial charge in [0.05, 0.1) is 20.4 Å². The van der Waals surface area contributed by atoms with Crippen LogP contribution in [0.25, 0.3) is 0 Å². The van der Waals surface area contributed by atoms with E-state index in [-0.39, 0.29) is 17.4 Å². The largest absolute Gasteiger partial charge is 0.393 e. The molecule has 1 fully saturated rings. The maximum atomic E-state index is 9.28. The van der Waals surface area contributed by atoms with Gasteiger partial charge in [0.2, 0.25) is 0 Å². The fraction of sp³-hybridized carbons (Fsp3) is 0.818. The standard InChI is InChI=1S/C11H22O2Si/c1-7-11(8-12)9(13-11)14(5,6)10(2,3)4/h7,9,12H,1,8H2,2-6H3/t9-,11-/m1/s1. The van der Waals surface area contributed by atoms with Crippen LogP contribution in [-0.4, -0.2) is 31.1 Å². The maximum absolute atomic E-state index is 9.28. The molecular formula is C11H22O2Si. The summed E-state index contributed by atoms with van der Waals surface area (Å²) in [5.74, 6) is 0. The van der Waals surface area contributed by atoms with Crippen LogP contribution in [-0.2, 0) is 4.74 Å². The normalized spacial score (nSPS) is 32.9. The maximum Gasteiger partial charge on any atom is 0.132 e. The molecule has 0 spiro atoms. The third-order valence-electron chi connectivity index (χ3n) is 3.90. The van der Waals surface area contributed by atoms with Crippen molar-refractivity contribution in [2.45, 2.75) is 50.2 Å². The SMILES string of the molecule is C=C[C@]1(CO)O[C@@H]1[Si](C)(C)C(C)(C)C. The fourth-order valence-electron chi connectivity index (χ4n) is 1.68. The number of epoxide rings is 1. The number of hydrogen-bond acceptors (Lipinski definition) is 2. The van der Waals surface area contributed by atoms with E-state index < -0.39 is 13.7 Å². The number of aliphatic hydroxyl groups is 1. The van der Waals surface area contributed by atoms with E-state index in [2.05, 4.69) is 40.4 Å². The van der Waals surface area contributed by atoms with E-state index in [0.29, 0.717) is 0 Å². The lowest BCUT2D eigenvalue weighted by molar-refractivity contribution is 0.203. The van der Waals surface area contributed by atoms with Crippen molar-refractivity contribution in [3.8, 4) is 0 Å². The average molecular weight is 214 g/mol. The zero-order valence-electron chi connectivity index (χ0n) is 9.92. The van der Waals surface area contributed by atoms with Crippen molar-refractivity contribution in [2.24, 2.45) is 0 Å². The van der Waals surface area contributed by atoms with Crippen molar-refractivity contribution in [3.05, 3.63) is 12.7 Å². The Morgan fingerprint density at radius 3 is 2.21 bits per heavy atom. The third kappa shape index (κ3) is 1.57. The minimum Gasteiger partial charge on any atom is -0.393 e. The van der Waals surface area contributed by atoms with Crippen LogP contribution in [0, 0.1) is 0 Å². The van der Waals surface area contributed by atoms with Crippen LogP contribution in [0.1, 0.15) is 20.8 Å². The fourth-order valence-corrected chi connectivity index (χ4v) is 4.41. The number of hydrogen-bond donors (Lipinski definition) is 1. The van der Waals surface area contributed by atoms with Crippen molar-refractivity contribution < 1.29 is 9.84 Å². The smallest absolute Gasteiger partial charge is 0.132 e. The Balaban J connectivity index is 2.84. The summed E-state index contributed by atoms with van der Waals surface area (Å²) in [5.41, 5.74) is -0.208. The molecule has 1 heterocycles. The summed E-state index contributed by atoms with van der Waals surface area (Å²) in [6, 6.07) is 0. The van der Waals surface area contributed by atoms with Crippen molar-refractivity contribution >= 4 is 8.07 Å². The Labute approximate surface area is 88.0 Å².